The predicted molar refractivity (Wildman–Crippen MR) is 57.3 cm³/mol. The number of carboxylic acids is 1. The molecule has 0 bridgehead atoms. The van der Waals surface area contributed by atoms with Crippen LogP contribution in [0.3, 0.4) is 0 Å². The molecule has 2 N–H and O–H groups in total. The monoisotopic (exact) mass is 196 g/mol. The summed E-state index contributed by atoms with van der Waals surface area (Å²) in [7, 11) is 0. The summed E-state index contributed by atoms with van der Waals surface area (Å²) in [6.45, 7) is 7.05. The van der Waals surface area contributed by atoms with Gasteiger partial charge in [0.1, 0.15) is 5.82 Å². The number of carbonyl (C=O) groups is 1. The van der Waals surface area contributed by atoms with E-state index in [2.05, 4.69) is 17.0 Å². The zero-order valence-electron chi connectivity index (χ0n) is 8.53. The third-order valence-electron chi connectivity index (χ3n) is 1.49. The van der Waals surface area contributed by atoms with E-state index in [0.29, 0.717) is 5.82 Å². The van der Waals surface area contributed by atoms with Gasteiger partial charge in [0.2, 0.25) is 0 Å². The summed E-state index contributed by atoms with van der Waals surface area (Å²) < 4.78 is 0. The molecular weight excluding hydrogens is 180 g/mol. The third-order valence-corrected chi connectivity index (χ3v) is 1.49. The zero-order valence-corrected chi connectivity index (χ0v) is 8.53. The van der Waals surface area contributed by atoms with E-state index < -0.39 is 5.97 Å². The van der Waals surface area contributed by atoms with Gasteiger partial charge in [-0.3, -0.25) is 4.79 Å². The zero-order chi connectivity index (χ0) is 11.0. The van der Waals surface area contributed by atoms with Crippen LogP contribution in [0.1, 0.15) is 20.3 Å². The molecule has 0 aromatic heterocycles. The SMILES string of the molecule is C=N/C(=C\C=C/C)N[C@H](C)CC(=O)O. The molecule has 4 nitrogen and oxygen atoms in total. The Hall–Kier alpha value is -1.58. The van der Waals surface area contributed by atoms with Crippen LogP contribution in [-0.2, 0) is 4.79 Å². The molecule has 14 heavy (non-hydrogen) atoms. The Balaban J connectivity index is 4.17. The normalized spacial score (nSPS) is 14.0. The summed E-state index contributed by atoms with van der Waals surface area (Å²) in [6, 6.07) is -0.158. The van der Waals surface area contributed by atoms with Crippen LogP contribution in [0.25, 0.3) is 0 Å². The molecule has 0 radical (unpaired) electrons. The largest absolute Gasteiger partial charge is 0.481 e. The number of nitrogens with zero attached hydrogens (tertiary/aromatic N) is 1. The minimum Gasteiger partial charge on any atom is -0.481 e. The molecule has 0 aromatic rings. The summed E-state index contributed by atoms with van der Waals surface area (Å²) in [5, 5.41) is 11.5. The van der Waals surface area contributed by atoms with Crippen molar-refractivity contribution < 1.29 is 9.90 Å². The van der Waals surface area contributed by atoms with Gasteiger partial charge in [-0.1, -0.05) is 12.2 Å². The predicted octanol–water partition coefficient (Wildman–Crippen LogP) is 1.56. The summed E-state index contributed by atoms with van der Waals surface area (Å²) >= 11 is 0. The molecule has 0 amide bonds. The quantitative estimate of drug-likeness (QED) is 0.500. The van der Waals surface area contributed by atoms with Gasteiger partial charge in [0.25, 0.3) is 0 Å². The van der Waals surface area contributed by atoms with Crippen molar-refractivity contribution in [3.8, 4) is 0 Å². The van der Waals surface area contributed by atoms with Gasteiger partial charge in [0.05, 0.1) is 6.42 Å². The second kappa shape index (κ2) is 6.88. The molecule has 0 fully saturated rings. The summed E-state index contributed by atoms with van der Waals surface area (Å²) in [4.78, 5) is 14.1. The van der Waals surface area contributed by atoms with Gasteiger partial charge in [0.15, 0.2) is 0 Å². The lowest BCUT2D eigenvalue weighted by Gasteiger charge is -2.12. The molecule has 0 unspecified atom stereocenters. The number of allylic oxidation sites excluding steroid dienone is 3. The van der Waals surface area contributed by atoms with E-state index in [1.54, 1.807) is 13.0 Å². The molecule has 0 aliphatic carbocycles. The van der Waals surface area contributed by atoms with Crippen molar-refractivity contribution in [2.24, 2.45) is 4.99 Å². The fourth-order valence-corrected chi connectivity index (χ4v) is 0.899. The molecule has 0 saturated heterocycles. The van der Waals surface area contributed by atoms with E-state index in [4.69, 9.17) is 5.11 Å². The number of hydrogen-bond donors (Lipinski definition) is 2. The highest BCUT2D eigenvalue weighted by atomic mass is 16.4. The van der Waals surface area contributed by atoms with Gasteiger partial charge >= 0.3 is 5.97 Å². The topological polar surface area (TPSA) is 61.7 Å². The molecule has 4 heteroatoms. The Morgan fingerprint density at radius 2 is 2.36 bits per heavy atom. The Kier molecular flexibility index (Phi) is 6.11. The van der Waals surface area contributed by atoms with Gasteiger partial charge in [0, 0.05) is 6.04 Å². The van der Waals surface area contributed by atoms with Crippen molar-refractivity contribution in [3.63, 3.8) is 0 Å². The van der Waals surface area contributed by atoms with Gasteiger partial charge < -0.3 is 10.4 Å². The van der Waals surface area contributed by atoms with Crippen molar-refractivity contribution in [1.82, 2.24) is 5.32 Å². The minimum absolute atomic E-state index is 0.0582. The fraction of sp³-hybridized carbons (Fsp3) is 0.400. The van der Waals surface area contributed by atoms with Gasteiger partial charge in [-0.2, -0.15) is 0 Å². The van der Waals surface area contributed by atoms with Crippen LogP contribution < -0.4 is 5.32 Å². The minimum atomic E-state index is -0.834. The van der Waals surface area contributed by atoms with Crippen LogP contribution in [-0.4, -0.2) is 23.8 Å². The molecule has 0 aliphatic heterocycles. The Bertz CT molecular complexity index is 257. The molecule has 0 aromatic carbocycles. The molecule has 0 saturated carbocycles. The maximum absolute atomic E-state index is 10.4. The van der Waals surface area contributed by atoms with E-state index in [1.165, 1.54) is 0 Å². The number of hydrogen-bond acceptors (Lipinski definition) is 3. The van der Waals surface area contributed by atoms with E-state index in [9.17, 15) is 4.79 Å². The molecule has 0 rings (SSSR count). The maximum atomic E-state index is 10.4. The van der Waals surface area contributed by atoms with E-state index >= 15 is 0 Å². The lowest BCUT2D eigenvalue weighted by molar-refractivity contribution is -0.137. The molecule has 78 valence electrons. The highest BCUT2D eigenvalue weighted by Gasteiger charge is 2.06. The molecule has 1 atom stereocenters. The number of aliphatic imine (C=N–C) groups is 1. The van der Waals surface area contributed by atoms with Crippen molar-refractivity contribution >= 4 is 12.7 Å². The number of aliphatic carboxylic acids is 1. The highest BCUT2D eigenvalue weighted by Crippen LogP contribution is 1.97. The maximum Gasteiger partial charge on any atom is 0.305 e. The average Bonchev–Trinajstić information content (AvgIpc) is 2.10. The Morgan fingerprint density at radius 3 is 2.79 bits per heavy atom. The lowest BCUT2D eigenvalue weighted by Crippen LogP contribution is -2.27. The second-order valence-electron chi connectivity index (χ2n) is 2.88. The highest BCUT2D eigenvalue weighted by molar-refractivity contribution is 5.67. The Morgan fingerprint density at radius 1 is 1.71 bits per heavy atom. The number of carboxylic acid groups (broad SMARTS) is 1. The summed E-state index contributed by atoms with van der Waals surface area (Å²) in [5.74, 6) is -0.253. The number of nitrogens with one attached hydrogen (secondary N) is 1. The van der Waals surface area contributed by atoms with E-state index in [1.807, 2.05) is 19.1 Å². The van der Waals surface area contributed by atoms with Gasteiger partial charge in [-0.15, -0.1) is 0 Å². The van der Waals surface area contributed by atoms with Crippen molar-refractivity contribution in [1.29, 1.82) is 0 Å². The van der Waals surface area contributed by atoms with Crippen LogP contribution in [0.2, 0.25) is 0 Å². The summed E-state index contributed by atoms with van der Waals surface area (Å²) in [5.41, 5.74) is 0. The Labute approximate surface area is 84.0 Å². The first-order chi connectivity index (χ1) is 6.60. The fourth-order valence-electron chi connectivity index (χ4n) is 0.899. The van der Waals surface area contributed by atoms with Crippen LogP contribution in [0.15, 0.2) is 29.0 Å². The molecule has 0 heterocycles. The first-order valence-corrected chi connectivity index (χ1v) is 4.38. The molecular formula is C10H16N2O2. The average molecular weight is 196 g/mol. The van der Waals surface area contributed by atoms with E-state index in [-0.39, 0.29) is 12.5 Å². The molecule has 0 aliphatic rings. The lowest BCUT2D eigenvalue weighted by atomic mass is 10.2. The second-order valence-corrected chi connectivity index (χ2v) is 2.88. The van der Waals surface area contributed by atoms with Crippen molar-refractivity contribution in [2.45, 2.75) is 26.3 Å². The van der Waals surface area contributed by atoms with Crippen molar-refractivity contribution in [2.75, 3.05) is 0 Å². The van der Waals surface area contributed by atoms with Crippen LogP contribution in [0.4, 0.5) is 0 Å². The third kappa shape index (κ3) is 5.99. The smallest absolute Gasteiger partial charge is 0.305 e. The van der Waals surface area contributed by atoms with Crippen LogP contribution in [0.5, 0.6) is 0 Å². The molecule has 0 spiro atoms. The van der Waals surface area contributed by atoms with Crippen LogP contribution >= 0.6 is 0 Å². The standard InChI is InChI=1S/C10H16N2O2/c1-4-5-6-9(11-3)12-8(2)7-10(13)14/h4-6,8,12H,3,7H2,1-2H3,(H,13,14)/b5-4-,9-6+/t8-/m1/s1. The first-order valence-electron chi connectivity index (χ1n) is 4.38. The summed E-state index contributed by atoms with van der Waals surface area (Å²) in [6.07, 6.45) is 5.47. The van der Waals surface area contributed by atoms with E-state index in [0.717, 1.165) is 0 Å². The van der Waals surface area contributed by atoms with Crippen LogP contribution in [0, 0.1) is 0 Å². The van der Waals surface area contributed by atoms with Gasteiger partial charge in [-0.05, 0) is 26.6 Å². The van der Waals surface area contributed by atoms with Gasteiger partial charge in [-0.25, -0.2) is 4.99 Å². The first kappa shape index (κ1) is 12.4. The van der Waals surface area contributed by atoms with Crippen molar-refractivity contribution in [3.05, 3.63) is 24.0 Å². The number of rotatable bonds is 6.